The first-order valence-electron chi connectivity index (χ1n) is 3.17. The fourth-order valence-corrected chi connectivity index (χ4v) is 0.714. The Morgan fingerprint density at radius 2 is 1.27 bits per heavy atom. The molecule has 0 rings (SSSR count). The van der Waals surface area contributed by atoms with Crippen LogP contribution in [0.15, 0.2) is 0 Å². The van der Waals surface area contributed by atoms with Crippen molar-refractivity contribution in [2.24, 2.45) is 0 Å². The number of aliphatic carboxylic acids is 3. The maximum Gasteiger partial charge on any atom is 1.00 e. The number of hydrogen-bond acceptors (Lipinski definition) is 5. The van der Waals surface area contributed by atoms with E-state index >= 15 is 0 Å². The van der Waals surface area contributed by atoms with Crippen molar-refractivity contribution in [3.63, 3.8) is 0 Å². The van der Waals surface area contributed by atoms with Gasteiger partial charge in [0.1, 0.15) is 0 Å². The summed E-state index contributed by atoms with van der Waals surface area (Å²) in [5, 5.41) is 33.8. The fraction of sp³-hybridized carbons (Fsp3) is 0.500. The molecule has 0 saturated heterocycles. The van der Waals surface area contributed by atoms with Crippen LogP contribution in [0, 0.1) is 0 Å². The molecule has 0 heterocycles. The van der Waals surface area contributed by atoms with Gasteiger partial charge >= 0.3 is 47.5 Å². The molecule has 0 unspecified atom stereocenters. The van der Waals surface area contributed by atoms with Gasteiger partial charge in [-0.3, -0.25) is 9.59 Å². The van der Waals surface area contributed by atoms with Gasteiger partial charge in [-0.2, -0.15) is 0 Å². The van der Waals surface area contributed by atoms with Crippen LogP contribution >= 0.6 is 0 Å². The van der Waals surface area contributed by atoms with E-state index in [0.717, 1.165) is 0 Å². The Labute approximate surface area is 108 Å². The van der Waals surface area contributed by atoms with Crippen LogP contribution in [0.25, 0.3) is 0 Å². The topological polar surface area (TPSA) is 167 Å². The number of rotatable bonds is 5. The van der Waals surface area contributed by atoms with Gasteiger partial charge in [0.25, 0.3) is 0 Å². The van der Waals surface area contributed by atoms with Gasteiger partial charge in [0.05, 0.1) is 12.8 Å². The summed E-state index contributed by atoms with van der Waals surface area (Å²) in [6, 6.07) is 0. The van der Waals surface area contributed by atoms with Crippen LogP contribution in [-0.4, -0.2) is 43.9 Å². The maximum absolute atomic E-state index is 10.3. The van der Waals surface area contributed by atoms with Crippen LogP contribution in [0.4, 0.5) is 0 Å². The molecule has 0 spiro atoms. The van der Waals surface area contributed by atoms with Gasteiger partial charge in [0.15, 0.2) is 5.60 Å². The summed E-state index contributed by atoms with van der Waals surface area (Å²) in [5.41, 5.74) is -2.74. The molecule has 0 aliphatic carbocycles. The molecule has 7 N–H and O–H groups in total. The van der Waals surface area contributed by atoms with Crippen LogP contribution in [0.3, 0.4) is 0 Å². The molecule has 15 heavy (non-hydrogen) atoms. The van der Waals surface area contributed by atoms with E-state index in [0.29, 0.717) is 0 Å². The molecule has 0 aromatic rings. The largest absolute Gasteiger partial charge is 1.00 e. The van der Waals surface area contributed by atoms with Crippen molar-refractivity contribution in [1.29, 1.82) is 0 Å². The zero-order valence-electron chi connectivity index (χ0n) is 9.13. The third kappa shape index (κ3) is 7.28. The smallest absolute Gasteiger partial charge is 1.00 e. The van der Waals surface area contributed by atoms with Crippen molar-refractivity contribution in [3.8, 4) is 0 Å². The Morgan fingerprint density at radius 3 is 1.40 bits per heavy atom. The zero-order valence-corrected chi connectivity index (χ0v) is 10.1. The minimum Gasteiger partial charge on any atom is -1.00 e. The molecule has 0 fully saturated rings. The Bertz CT molecular complexity index is 243. The molecular formula is C6H12NNaO7. The first-order valence-corrected chi connectivity index (χ1v) is 3.17. The maximum atomic E-state index is 10.3. The molecule has 0 aromatic heterocycles. The number of hydrogen-bond donors (Lipinski definition) is 5. The average molecular weight is 233 g/mol. The van der Waals surface area contributed by atoms with Crippen molar-refractivity contribution in [1.82, 2.24) is 6.15 Å². The van der Waals surface area contributed by atoms with E-state index in [1.807, 2.05) is 0 Å². The summed E-state index contributed by atoms with van der Waals surface area (Å²) in [6.07, 6.45) is -2.29. The third-order valence-electron chi connectivity index (χ3n) is 1.29. The van der Waals surface area contributed by atoms with Crippen molar-refractivity contribution in [2.75, 3.05) is 0 Å². The van der Waals surface area contributed by atoms with Crippen LogP contribution in [0.5, 0.6) is 0 Å². The van der Waals surface area contributed by atoms with Crippen LogP contribution in [-0.2, 0) is 14.4 Å². The molecule has 0 bridgehead atoms. The van der Waals surface area contributed by atoms with Gasteiger partial charge < -0.3 is 28.0 Å². The molecule has 0 amide bonds. The van der Waals surface area contributed by atoms with E-state index in [4.69, 9.17) is 20.4 Å². The van der Waals surface area contributed by atoms with Crippen molar-refractivity contribution in [3.05, 3.63) is 0 Å². The predicted octanol–water partition coefficient (Wildman–Crippen LogP) is -3.97. The van der Waals surface area contributed by atoms with Gasteiger partial charge in [-0.15, -0.1) is 0 Å². The second-order valence-corrected chi connectivity index (χ2v) is 2.48. The normalized spacial score (nSPS) is 9.40. The van der Waals surface area contributed by atoms with E-state index < -0.39 is 36.4 Å². The quantitative estimate of drug-likeness (QED) is 0.299. The Hall–Kier alpha value is -0.670. The van der Waals surface area contributed by atoms with E-state index in [-0.39, 0.29) is 37.1 Å². The average Bonchev–Trinajstić information content (AvgIpc) is 1.82. The summed E-state index contributed by atoms with van der Waals surface area (Å²) in [5.74, 6) is -5.02. The van der Waals surface area contributed by atoms with Crippen molar-refractivity contribution in [2.45, 2.75) is 18.4 Å². The number of carbonyl (C=O) groups is 3. The first-order chi connectivity index (χ1) is 5.78. The zero-order chi connectivity index (χ0) is 10.6. The SMILES string of the molecule is N.O=C(O)CC(O)(CC(=O)O)C(=O)O.[H-].[Na+]. The monoisotopic (exact) mass is 233 g/mol. The first kappa shape index (κ1) is 19.8. The van der Waals surface area contributed by atoms with Crippen LogP contribution in [0.2, 0.25) is 0 Å². The Kier molecular flexibility index (Phi) is 10.0. The summed E-state index contributed by atoms with van der Waals surface area (Å²) < 4.78 is 0. The standard InChI is InChI=1S/C6H8O7.H3N.Na.H/c7-3(8)1-6(13,5(11)12)2-4(9)10;;;/h13H,1-2H2,(H,7,8)(H,9,10)(H,11,12);1H3;;/q;;+1;-1. The molecule has 0 aliphatic rings. The predicted molar refractivity (Wildman–Crippen MR) is 43.2 cm³/mol. The molecule has 0 radical (unpaired) electrons. The van der Waals surface area contributed by atoms with Crippen LogP contribution in [0.1, 0.15) is 14.3 Å². The van der Waals surface area contributed by atoms with E-state index in [9.17, 15) is 14.4 Å². The fourth-order valence-electron chi connectivity index (χ4n) is 0.714. The second kappa shape index (κ2) is 7.60. The van der Waals surface area contributed by atoms with E-state index in [1.165, 1.54) is 0 Å². The molecular weight excluding hydrogens is 221 g/mol. The summed E-state index contributed by atoms with van der Waals surface area (Å²) >= 11 is 0. The van der Waals surface area contributed by atoms with Gasteiger partial charge in [-0.1, -0.05) is 0 Å². The molecule has 8 nitrogen and oxygen atoms in total. The van der Waals surface area contributed by atoms with Crippen molar-refractivity contribution >= 4 is 17.9 Å². The molecule has 0 aliphatic heterocycles. The number of carboxylic acid groups (broad SMARTS) is 3. The summed E-state index contributed by atoms with van der Waals surface area (Å²) in [4.78, 5) is 30.5. The summed E-state index contributed by atoms with van der Waals surface area (Å²) in [7, 11) is 0. The minimum absolute atomic E-state index is 0. The van der Waals surface area contributed by atoms with Crippen molar-refractivity contribution < 1.29 is 65.8 Å². The molecule has 9 heteroatoms. The third-order valence-corrected chi connectivity index (χ3v) is 1.29. The molecule has 84 valence electrons. The van der Waals surface area contributed by atoms with E-state index in [2.05, 4.69) is 0 Å². The number of aliphatic hydroxyl groups is 1. The summed E-state index contributed by atoms with van der Waals surface area (Å²) in [6.45, 7) is 0. The molecule has 0 atom stereocenters. The van der Waals surface area contributed by atoms with Crippen LogP contribution < -0.4 is 35.7 Å². The van der Waals surface area contributed by atoms with Gasteiger partial charge in [0, 0.05) is 0 Å². The molecule has 0 saturated carbocycles. The molecule has 0 aromatic carbocycles. The Morgan fingerprint density at radius 1 is 1.00 bits per heavy atom. The van der Waals surface area contributed by atoms with Gasteiger partial charge in [0.2, 0.25) is 0 Å². The Balaban J connectivity index is -0.000000240. The van der Waals surface area contributed by atoms with Gasteiger partial charge in [-0.05, 0) is 0 Å². The number of carboxylic acids is 3. The second-order valence-electron chi connectivity index (χ2n) is 2.48. The van der Waals surface area contributed by atoms with E-state index in [1.54, 1.807) is 0 Å². The minimum atomic E-state index is -2.74. The van der Waals surface area contributed by atoms with Gasteiger partial charge in [-0.25, -0.2) is 4.79 Å².